The van der Waals surface area contributed by atoms with Crippen LogP contribution in [0, 0.1) is 0 Å². The second kappa shape index (κ2) is 8.81. The second-order valence-electron chi connectivity index (χ2n) is 7.70. The molecule has 0 amide bonds. The van der Waals surface area contributed by atoms with Crippen molar-refractivity contribution in [2.24, 2.45) is 0 Å². The van der Waals surface area contributed by atoms with Gasteiger partial charge in [-0.15, -0.1) is 22.7 Å². The Kier molecular flexibility index (Phi) is 5.46. The fourth-order valence-electron chi connectivity index (χ4n) is 3.99. The molecule has 0 aliphatic carbocycles. The third kappa shape index (κ3) is 3.71. The van der Waals surface area contributed by atoms with Crippen LogP contribution in [0.1, 0.15) is 19.3 Å². The Hall–Kier alpha value is -4.16. The van der Waals surface area contributed by atoms with E-state index in [0.29, 0.717) is 57.0 Å². The monoisotopic (exact) mass is 524 g/mol. The van der Waals surface area contributed by atoms with Gasteiger partial charge in [-0.3, -0.25) is 9.97 Å². The third-order valence-corrected chi connectivity index (χ3v) is 7.87. The van der Waals surface area contributed by atoms with Crippen molar-refractivity contribution in [2.75, 3.05) is 26.4 Å². The predicted octanol–water partition coefficient (Wildman–Crippen LogP) is 4.54. The maximum atomic E-state index is 11.7. The SMILES string of the molecule is O=C(O)c1sc(-c2ccnc(-c3cc(-c4sc(C(=O)O)c5c4OCCO5)ccn3)c2)c2c1OCCO2. The minimum atomic E-state index is -1.08. The van der Waals surface area contributed by atoms with E-state index in [9.17, 15) is 19.8 Å². The summed E-state index contributed by atoms with van der Waals surface area (Å²) in [6.45, 7) is 1.22. The smallest absolute Gasteiger partial charge is 0.349 e. The third-order valence-electron chi connectivity index (χ3n) is 5.49. The first-order valence-electron chi connectivity index (χ1n) is 10.8. The molecule has 12 heteroatoms. The Balaban J connectivity index is 1.41. The molecule has 36 heavy (non-hydrogen) atoms. The molecule has 0 saturated carbocycles. The van der Waals surface area contributed by atoms with E-state index in [1.54, 1.807) is 36.7 Å². The van der Waals surface area contributed by atoms with Crippen molar-refractivity contribution in [3.63, 3.8) is 0 Å². The van der Waals surface area contributed by atoms with Crippen molar-refractivity contribution >= 4 is 34.6 Å². The van der Waals surface area contributed by atoms with Gasteiger partial charge in [0.25, 0.3) is 0 Å². The molecular formula is C24H16N2O8S2. The van der Waals surface area contributed by atoms with Crippen LogP contribution in [0.4, 0.5) is 0 Å². The van der Waals surface area contributed by atoms with E-state index in [1.165, 1.54) is 0 Å². The van der Waals surface area contributed by atoms with Gasteiger partial charge >= 0.3 is 11.9 Å². The number of rotatable bonds is 5. The highest BCUT2D eigenvalue weighted by atomic mass is 32.1. The van der Waals surface area contributed by atoms with E-state index < -0.39 is 11.9 Å². The average molecular weight is 525 g/mol. The van der Waals surface area contributed by atoms with Gasteiger partial charge in [-0.05, 0) is 35.4 Å². The molecule has 182 valence electrons. The Morgan fingerprint density at radius 1 is 0.667 bits per heavy atom. The maximum absolute atomic E-state index is 11.7. The summed E-state index contributed by atoms with van der Waals surface area (Å²) in [5.74, 6) is -0.861. The quantitative estimate of drug-likeness (QED) is 0.383. The standard InChI is InChI=1S/C24H16N2O8S2/c27-23(28)21-17-15(31-5-7-33-17)19(35-21)11-1-3-25-13(9-11)14-10-12(2-4-26-14)20-16-18(34-8-6-32-16)22(36-20)24(29)30/h1-4,9-10H,5-8H2,(H,27,28)(H,29,30). The highest BCUT2D eigenvalue weighted by Crippen LogP contribution is 2.51. The summed E-state index contributed by atoms with van der Waals surface area (Å²) < 4.78 is 22.7. The van der Waals surface area contributed by atoms with Crippen molar-refractivity contribution in [3.05, 3.63) is 46.4 Å². The molecule has 6 heterocycles. The molecule has 2 aliphatic rings. The zero-order chi connectivity index (χ0) is 24.8. The van der Waals surface area contributed by atoms with Gasteiger partial charge in [-0.2, -0.15) is 0 Å². The topological polar surface area (TPSA) is 137 Å². The molecule has 0 fully saturated rings. The van der Waals surface area contributed by atoms with Crippen LogP contribution in [0.3, 0.4) is 0 Å². The number of aromatic carboxylic acids is 2. The molecule has 6 rings (SSSR count). The van der Waals surface area contributed by atoms with Gasteiger partial charge in [0.1, 0.15) is 26.4 Å². The summed E-state index contributed by atoms with van der Waals surface area (Å²) >= 11 is 2.16. The number of carboxylic acids is 2. The second-order valence-corrected chi connectivity index (χ2v) is 9.74. The highest BCUT2D eigenvalue weighted by molar-refractivity contribution is 7.18. The number of nitrogens with zero attached hydrogens (tertiary/aromatic N) is 2. The lowest BCUT2D eigenvalue weighted by molar-refractivity contribution is 0.0682. The molecule has 0 spiro atoms. The molecule has 0 bridgehead atoms. The molecule has 4 aromatic heterocycles. The normalized spacial score (nSPS) is 13.9. The average Bonchev–Trinajstić information content (AvgIpc) is 3.49. The molecule has 4 aromatic rings. The molecule has 0 radical (unpaired) electrons. The number of aromatic nitrogens is 2. The van der Waals surface area contributed by atoms with Gasteiger partial charge in [0.2, 0.25) is 0 Å². The van der Waals surface area contributed by atoms with Gasteiger partial charge in [0, 0.05) is 12.4 Å². The fourth-order valence-corrected chi connectivity index (χ4v) is 6.04. The van der Waals surface area contributed by atoms with Gasteiger partial charge in [0.05, 0.1) is 21.1 Å². The summed E-state index contributed by atoms with van der Waals surface area (Å²) in [6.07, 6.45) is 3.23. The summed E-state index contributed by atoms with van der Waals surface area (Å²) in [5.41, 5.74) is 2.52. The van der Waals surface area contributed by atoms with Gasteiger partial charge < -0.3 is 29.2 Å². The first-order chi connectivity index (χ1) is 17.5. The number of thiophene rings is 2. The summed E-state index contributed by atoms with van der Waals surface area (Å²) in [5, 5.41) is 19.2. The van der Waals surface area contributed by atoms with E-state index in [1.807, 2.05) is 0 Å². The minimum Gasteiger partial charge on any atom is -0.485 e. The number of ether oxygens (including phenoxy) is 4. The van der Waals surface area contributed by atoms with Crippen molar-refractivity contribution in [3.8, 4) is 55.3 Å². The van der Waals surface area contributed by atoms with Gasteiger partial charge in [-0.1, -0.05) is 0 Å². The van der Waals surface area contributed by atoms with Crippen molar-refractivity contribution in [1.29, 1.82) is 0 Å². The first-order valence-corrected chi connectivity index (χ1v) is 12.4. The molecule has 0 unspecified atom stereocenters. The summed E-state index contributed by atoms with van der Waals surface area (Å²) in [6, 6.07) is 7.13. The Morgan fingerprint density at radius 3 is 1.44 bits per heavy atom. The molecule has 2 aliphatic heterocycles. The van der Waals surface area contributed by atoms with Crippen LogP contribution in [0.2, 0.25) is 0 Å². The van der Waals surface area contributed by atoms with Crippen LogP contribution >= 0.6 is 22.7 Å². The minimum absolute atomic E-state index is 0.0807. The number of carbonyl (C=O) groups is 2. The number of pyridine rings is 2. The Morgan fingerprint density at radius 2 is 1.06 bits per heavy atom. The van der Waals surface area contributed by atoms with Crippen LogP contribution in [-0.2, 0) is 0 Å². The predicted molar refractivity (Wildman–Crippen MR) is 130 cm³/mol. The molecule has 10 nitrogen and oxygen atoms in total. The van der Waals surface area contributed by atoms with E-state index in [-0.39, 0.29) is 34.5 Å². The van der Waals surface area contributed by atoms with E-state index in [0.717, 1.165) is 22.7 Å². The summed E-state index contributed by atoms with van der Waals surface area (Å²) in [7, 11) is 0. The van der Waals surface area contributed by atoms with Gasteiger partial charge in [0.15, 0.2) is 32.8 Å². The lowest BCUT2D eigenvalue weighted by atomic mass is 10.1. The number of hydrogen-bond donors (Lipinski definition) is 2. The molecule has 0 atom stereocenters. The number of fused-ring (bicyclic) bond motifs is 2. The molecule has 0 saturated heterocycles. The zero-order valence-electron chi connectivity index (χ0n) is 18.3. The van der Waals surface area contributed by atoms with Crippen molar-refractivity contribution in [2.45, 2.75) is 0 Å². The van der Waals surface area contributed by atoms with Crippen LogP contribution in [0.5, 0.6) is 23.0 Å². The van der Waals surface area contributed by atoms with Crippen molar-refractivity contribution < 1.29 is 38.7 Å². The fraction of sp³-hybridized carbons (Fsp3) is 0.167. The van der Waals surface area contributed by atoms with E-state index in [4.69, 9.17) is 18.9 Å². The van der Waals surface area contributed by atoms with Crippen LogP contribution < -0.4 is 18.9 Å². The zero-order valence-corrected chi connectivity index (χ0v) is 20.0. The first kappa shape index (κ1) is 22.3. The highest BCUT2D eigenvalue weighted by Gasteiger charge is 2.30. The Bertz CT molecular complexity index is 1410. The largest absolute Gasteiger partial charge is 0.485 e. The Labute approximate surface area is 211 Å². The van der Waals surface area contributed by atoms with E-state index >= 15 is 0 Å². The van der Waals surface area contributed by atoms with Crippen molar-refractivity contribution in [1.82, 2.24) is 9.97 Å². The van der Waals surface area contributed by atoms with Gasteiger partial charge in [-0.25, -0.2) is 9.59 Å². The number of carboxylic acid groups (broad SMARTS) is 2. The van der Waals surface area contributed by atoms with E-state index in [2.05, 4.69) is 9.97 Å². The maximum Gasteiger partial charge on any atom is 0.349 e. The number of hydrogen-bond acceptors (Lipinski definition) is 10. The summed E-state index contributed by atoms with van der Waals surface area (Å²) in [4.78, 5) is 33.8. The van der Waals surface area contributed by atoms with Crippen LogP contribution in [-0.4, -0.2) is 58.5 Å². The van der Waals surface area contributed by atoms with Crippen LogP contribution in [0.25, 0.3) is 32.3 Å². The van der Waals surface area contributed by atoms with Crippen LogP contribution in [0.15, 0.2) is 36.7 Å². The lowest BCUT2D eigenvalue weighted by Crippen LogP contribution is -2.16. The lowest BCUT2D eigenvalue weighted by Gasteiger charge is -2.17. The molecular weight excluding hydrogens is 508 g/mol. The molecule has 0 aromatic carbocycles. The molecule has 2 N–H and O–H groups in total.